The van der Waals surface area contributed by atoms with E-state index in [1.165, 1.54) is 0 Å². The van der Waals surface area contributed by atoms with E-state index in [4.69, 9.17) is 11.0 Å². The van der Waals surface area contributed by atoms with Crippen molar-refractivity contribution in [2.24, 2.45) is 0 Å². The lowest BCUT2D eigenvalue weighted by Crippen LogP contribution is -2.18. The summed E-state index contributed by atoms with van der Waals surface area (Å²) in [6, 6.07) is 12.0. The van der Waals surface area contributed by atoms with Gasteiger partial charge in [-0.1, -0.05) is 191 Å². The zero-order valence-electron chi connectivity index (χ0n) is 51.5. The minimum Gasteiger partial charge on any atom is -0.310 e. The van der Waals surface area contributed by atoms with Crippen LogP contribution in [-0.4, -0.2) is 0 Å². The van der Waals surface area contributed by atoms with E-state index in [9.17, 15) is 15.1 Å². The quantitative estimate of drug-likeness (QED) is 0.163. The summed E-state index contributed by atoms with van der Waals surface area (Å²) in [6.07, 6.45) is 0. The molecule has 0 radical (unpaired) electrons. The third-order valence-electron chi connectivity index (χ3n) is 11.9. The minimum absolute atomic E-state index is 0.218. The highest BCUT2D eigenvalue weighted by Gasteiger charge is 2.37. The maximum atomic E-state index is 10.0. The first-order chi connectivity index (χ1) is 36.7. The SMILES string of the molecule is [2H]c1c([2H])c([2H])c(-c2c([2H])c([2H])c(-c3c(-c4c([2H])c([2H])c(N(c5ccc6c(c5)C(C)(C)c5ccccc5-6)c5ccc6c(c5)C(C)(C)c5ccccc5-6)c([2H])c4[2H])c([2H])c([2H])c4c([2H])c([2H])c([2H])c([2H])c34)c([2H])c2[2H])c([2H])c1[2H]. The molecule has 0 amide bonds. The Kier molecular flexibility index (Phi) is 4.65. The van der Waals surface area contributed by atoms with Gasteiger partial charge in [0.1, 0.15) is 0 Å². The van der Waals surface area contributed by atoms with Gasteiger partial charge in [-0.15, -0.1) is 0 Å². The smallest absolute Gasteiger partial charge is 0.0645 e. The zero-order valence-corrected chi connectivity index (χ0v) is 32.5. The van der Waals surface area contributed by atoms with Crippen LogP contribution in [0.3, 0.4) is 0 Å². The van der Waals surface area contributed by atoms with Gasteiger partial charge in [-0.05, 0) is 125 Å². The van der Waals surface area contributed by atoms with Gasteiger partial charge in [0.25, 0.3) is 0 Å². The largest absolute Gasteiger partial charge is 0.310 e. The van der Waals surface area contributed by atoms with Gasteiger partial charge in [0.05, 0.1) is 26.0 Å². The first kappa shape index (κ1) is 20.6. The van der Waals surface area contributed by atoms with Crippen molar-refractivity contribution in [3.63, 3.8) is 0 Å². The maximum absolute atomic E-state index is 10.0. The number of benzene rings is 9. The molecular weight excluding hydrogens is 711 g/mol. The summed E-state index contributed by atoms with van der Waals surface area (Å²) in [5, 5.41) is -1.16. The zero-order chi connectivity index (χ0) is 56.4. The topological polar surface area (TPSA) is 3.24 Å². The van der Waals surface area contributed by atoms with Crippen molar-refractivity contribution in [2.45, 2.75) is 38.5 Å². The molecule has 59 heavy (non-hydrogen) atoms. The van der Waals surface area contributed by atoms with Crippen LogP contribution in [0, 0.1) is 0 Å². The first-order valence-electron chi connectivity index (χ1n) is 28.8. The molecular formula is C58H45N. The van der Waals surface area contributed by atoms with Crippen LogP contribution in [0.1, 0.15) is 76.0 Å². The molecule has 0 N–H and O–H groups in total. The standard InChI is InChI=1S/C58H45N/c1-57(2)52-20-12-10-18-48(52)50-34-31-44(36-54(50)57)59(45-32-35-51-49-19-11-13-21-53(49)58(3,4)55(51)37-45)43-29-26-41(27-30-43)47-33-28-40-16-8-9-17-46(40)56(47)42-24-22-39(23-25-42)38-14-6-5-7-15-38/h5-37H,1-4H3/i5D,6D,7D,8D,9D,14D,15D,16D,17D,22D,23D,24D,25D,26D,27D,28D,29D,30D,33D. The molecule has 0 saturated heterocycles. The van der Waals surface area contributed by atoms with E-state index in [1.807, 2.05) is 60.7 Å². The molecule has 0 bridgehead atoms. The number of anilines is 3. The second kappa shape index (κ2) is 13.3. The van der Waals surface area contributed by atoms with E-state index in [0.29, 0.717) is 11.4 Å². The van der Waals surface area contributed by atoms with E-state index < -0.39 is 170 Å². The Morgan fingerprint density at radius 1 is 0.373 bits per heavy atom. The Morgan fingerprint density at radius 2 is 0.864 bits per heavy atom. The van der Waals surface area contributed by atoms with E-state index in [2.05, 4.69) is 52.0 Å². The van der Waals surface area contributed by atoms with Crippen LogP contribution in [-0.2, 0) is 10.8 Å². The fourth-order valence-electron chi connectivity index (χ4n) is 8.89. The van der Waals surface area contributed by atoms with E-state index in [-0.39, 0.29) is 5.69 Å². The van der Waals surface area contributed by atoms with Gasteiger partial charge in [0.15, 0.2) is 0 Å². The lowest BCUT2D eigenvalue weighted by atomic mass is 9.82. The van der Waals surface area contributed by atoms with Crippen molar-refractivity contribution in [1.82, 2.24) is 0 Å². The molecule has 0 unspecified atom stereocenters. The van der Waals surface area contributed by atoms with Crippen molar-refractivity contribution < 1.29 is 26.0 Å². The molecule has 0 aromatic heterocycles. The molecule has 0 aliphatic heterocycles. The molecule has 0 spiro atoms. The molecule has 9 aromatic carbocycles. The normalized spacial score (nSPS) is 18.5. The molecule has 1 nitrogen and oxygen atoms in total. The van der Waals surface area contributed by atoms with Crippen molar-refractivity contribution in [3.05, 3.63) is 222 Å². The van der Waals surface area contributed by atoms with Crippen molar-refractivity contribution >= 4 is 27.8 Å². The molecule has 0 atom stereocenters. The fraction of sp³-hybridized carbons (Fsp3) is 0.103. The van der Waals surface area contributed by atoms with Gasteiger partial charge in [0, 0.05) is 27.9 Å². The molecule has 0 saturated carbocycles. The Hall–Kier alpha value is -6.96. The Balaban J connectivity index is 1.23. The van der Waals surface area contributed by atoms with Crippen LogP contribution < -0.4 is 4.90 Å². The van der Waals surface area contributed by atoms with Crippen LogP contribution in [0.4, 0.5) is 17.1 Å². The molecule has 9 aromatic rings. The number of fused-ring (bicyclic) bond motifs is 7. The van der Waals surface area contributed by atoms with Gasteiger partial charge in [-0.2, -0.15) is 0 Å². The van der Waals surface area contributed by atoms with Crippen LogP contribution in [0.25, 0.3) is 66.4 Å². The third kappa shape index (κ3) is 5.53. The van der Waals surface area contributed by atoms with Gasteiger partial charge >= 0.3 is 0 Å². The lowest BCUT2D eigenvalue weighted by molar-refractivity contribution is 0.660. The van der Waals surface area contributed by atoms with E-state index >= 15 is 0 Å². The molecule has 2 aliphatic carbocycles. The molecule has 282 valence electrons. The predicted octanol–water partition coefficient (Wildman–Crippen LogP) is 15.9. The van der Waals surface area contributed by atoms with Crippen molar-refractivity contribution in [1.29, 1.82) is 0 Å². The second-order valence-corrected chi connectivity index (χ2v) is 15.9. The highest BCUT2D eigenvalue weighted by Crippen LogP contribution is 2.53. The van der Waals surface area contributed by atoms with Gasteiger partial charge in [-0.3, -0.25) is 0 Å². The fourth-order valence-corrected chi connectivity index (χ4v) is 8.89. The minimum atomic E-state index is -0.966. The molecule has 11 rings (SSSR count). The van der Waals surface area contributed by atoms with Gasteiger partial charge < -0.3 is 4.90 Å². The summed E-state index contributed by atoms with van der Waals surface area (Å²) in [6.45, 7) is 8.42. The molecule has 1 heteroatoms. The highest BCUT2D eigenvalue weighted by molar-refractivity contribution is 6.04. The first-order valence-corrected chi connectivity index (χ1v) is 19.3. The predicted molar refractivity (Wildman–Crippen MR) is 250 cm³/mol. The number of nitrogens with zero attached hydrogens (tertiary/aromatic N) is 1. The van der Waals surface area contributed by atoms with Gasteiger partial charge in [0.2, 0.25) is 0 Å². The summed E-state index contributed by atoms with van der Waals surface area (Å²) in [5.74, 6) is 0. The molecule has 0 heterocycles. The number of hydrogen-bond acceptors (Lipinski definition) is 1. The summed E-state index contributed by atoms with van der Waals surface area (Å²) >= 11 is 0. The van der Waals surface area contributed by atoms with Crippen LogP contribution in [0.5, 0.6) is 0 Å². The van der Waals surface area contributed by atoms with Crippen LogP contribution >= 0.6 is 0 Å². The summed E-state index contributed by atoms with van der Waals surface area (Å²) in [5.41, 5.74) is 3.77. The van der Waals surface area contributed by atoms with E-state index in [1.54, 1.807) is 4.90 Å². The molecule has 0 fully saturated rings. The lowest BCUT2D eigenvalue weighted by Gasteiger charge is -2.30. The van der Waals surface area contributed by atoms with Gasteiger partial charge in [-0.25, -0.2) is 0 Å². The molecule has 2 aliphatic rings. The summed E-state index contributed by atoms with van der Waals surface area (Å²) in [4.78, 5) is 1.65. The third-order valence-corrected chi connectivity index (χ3v) is 11.9. The second-order valence-electron chi connectivity index (χ2n) is 15.9. The Labute approximate surface area is 374 Å². The Bertz CT molecular complexity index is 4020. The van der Waals surface area contributed by atoms with Crippen LogP contribution in [0.2, 0.25) is 0 Å². The highest BCUT2D eigenvalue weighted by atomic mass is 15.1. The Morgan fingerprint density at radius 3 is 1.47 bits per heavy atom. The van der Waals surface area contributed by atoms with E-state index in [0.717, 1.165) is 44.5 Å². The summed E-state index contributed by atoms with van der Waals surface area (Å²) < 4.78 is 174. The van der Waals surface area contributed by atoms with Crippen LogP contribution in [0.15, 0.2) is 200 Å². The average molecular weight is 775 g/mol. The van der Waals surface area contributed by atoms with Crippen molar-refractivity contribution in [2.75, 3.05) is 4.90 Å². The average Bonchev–Trinajstić information content (AvgIpc) is 3.93. The number of rotatable bonds is 6. The monoisotopic (exact) mass is 774 g/mol. The summed E-state index contributed by atoms with van der Waals surface area (Å²) in [7, 11) is 0. The van der Waals surface area contributed by atoms with Crippen molar-refractivity contribution in [3.8, 4) is 55.6 Å². The number of hydrogen-bond donors (Lipinski definition) is 0. The maximum Gasteiger partial charge on any atom is 0.0645 e.